The minimum atomic E-state index is 0.222. The number of hydrogen-bond donors (Lipinski definition) is 0. The van der Waals surface area contributed by atoms with Gasteiger partial charge in [0.2, 0.25) is 0 Å². The van der Waals surface area contributed by atoms with Gasteiger partial charge in [-0.25, -0.2) is 0 Å². The number of rotatable bonds is 0. The molecule has 0 bridgehead atoms. The Labute approximate surface area is 110 Å². The minimum Gasteiger partial charge on any atom is -0.374 e. The fourth-order valence-electron chi connectivity index (χ4n) is 4.89. The summed E-state index contributed by atoms with van der Waals surface area (Å²) in [5, 5.41) is 0. The van der Waals surface area contributed by atoms with E-state index in [9.17, 15) is 4.79 Å². The van der Waals surface area contributed by atoms with Crippen molar-refractivity contribution in [3.05, 3.63) is 0 Å². The Morgan fingerprint density at radius 3 is 2.72 bits per heavy atom. The van der Waals surface area contributed by atoms with E-state index in [1.807, 2.05) is 0 Å². The molecule has 0 radical (unpaired) electrons. The van der Waals surface area contributed by atoms with E-state index in [1.54, 1.807) is 0 Å². The molecular weight excluding hydrogens is 224 g/mol. The van der Waals surface area contributed by atoms with Gasteiger partial charge >= 0.3 is 0 Å². The molecule has 1 aliphatic heterocycles. The summed E-state index contributed by atoms with van der Waals surface area (Å²) in [4.78, 5) is 11.8. The van der Waals surface area contributed by atoms with Gasteiger partial charge in [0.15, 0.2) is 0 Å². The SMILES string of the molecule is CC1CC2CCC(=O)CC2[C@H]2C1OC(C)C2(C)C. The molecule has 1 saturated heterocycles. The quantitative estimate of drug-likeness (QED) is 0.658. The summed E-state index contributed by atoms with van der Waals surface area (Å²) in [6.45, 7) is 9.25. The van der Waals surface area contributed by atoms with Gasteiger partial charge in [0, 0.05) is 12.8 Å². The third-order valence-electron chi connectivity index (χ3n) is 6.18. The number of ketones is 1. The van der Waals surface area contributed by atoms with Crippen molar-refractivity contribution in [2.24, 2.45) is 29.1 Å². The molecule has 102 valence electrons. The van der Waals surface area contributed by atoms with E-state index in [1.165, 1.54) is 6.42 Å². The molecule has 2 heteroatoms. The molecule has 2 aliphatic carbocycles. The van der Waals surface area contributed by atoms with Gasteiger partial charge in [-0.15, -0.1) is 0 Å². The van der Waals surface area contributed by atoms with Gasteiger partial charge in [-0.1, -0.05) is 20.8 Å². The number of carbonyl (C=O) groups excluding carboxylic acids is 1. The molecule has 0 amide bonds. The number of Topliss-reactive ketones (excluding diaryl/α,β-unsaturated/α-hetero) is 1. The van der Waals surface area contributed by atoms with Crippen LogP contribution < -0.4 is 0 Å². The summed E-state index contributed by atoms with van der Waals surface area (Å²) in [5.41, 5.74) is 0.222. The van der Waals surface area contributed by atoms with E-state index in [0.717, 1.165) is 25.2 Å². The van der Waals surface area contributed by atoms with Gasteiger partial charge < -0.3 is 4.74 Å². The molecule has 1 heterocycles. The first-order chi connectivity index (χ1) is 8.41. The van der Waals surface area contributed by atoms with Gasteiger partial charge in [0.1, 0.15) is 5.78 Å². The van der Waals surface area contributed by atoms with Crippen molar-refractivity contribution in [2.75, 3.05) is 0 Å². The lowest BCUT2D eigenvalue weighted by Gasteiger charge is -2.48. The highest BCUT2D eigenvalue weighted by atomic mass is 16.5. The van der Waals surface area contributed by atoms with Gasteiger partial charge in [0.05, 0.1) is 12.2 Å². The summed E-state index contributed by atoms with van der Waals surface area (Å²) >= 11 is 0. The van der Waals surface area contributed by atoms with Crippen LogP contribution in [0.1, 0.15) is 53.4 Å². The van der Waals surface area contributed by atoms with Crippen molar-refractivity contribution >= 4 is 5.78 Å². The minimum absolute atomic E-state index is 0.222. The molecule has 0 N–H and O–H groups in total. The Bertz CT molecular complexity index is 360. The van der Waals surface area contributed by atoms with Gasteiger partial charge in [-0.2, -0.15) is 0 Å². The zero-order chi connectivity index (χ0) is 13.1. The lowest BCUT2D eigenvalue weighted by Crippen LogP contribution is -2.47. The first-order valence-corrected chi connectivity index (χ1v) is 7.58. The molecular formula is C16H26O2. The van der Waals surface area contributed by atoms with Crippen LogP contribution in [0.2, 0.25) is 0 Å². The molecule has 3 rings (SSSR count). The average Bonchev–Trinajstić information content (AvgIpc) is 2.53. The summed E-state index contributed by atoms with van der Waals surface area (Å²) in [6.07, 6.45) is 4.75. The topological polar surface area (TPSA) is 26.3 Å². The fraction of sp³-hybridized carbons (Fsp3) is 0.938. The zero-order valence-corrected chi connectivity index (χ0v) is 12.1. The highest BCUT2D eigenvalue weighted by molar-refractivity contribution is 5.79. The van der Waals surface area contributed by atoms with E-state index in [0.29, 0.717) is 35.7 Å². The smallest absolute Gasteiger partial charge is 0.133 e. The first kappa shape index (κ1) is 12.7. The van der Waals surface area contributed by atoms with Crippen LogP contribution in [0.25, 0.3) is 0 Å². The molecule has 2 saturated carbocycles. The predicted molar refractivity (Wildman–Crippen MR) is 71.2 cm³/mol. The van der Waals surface area contributed by atoms with Crippen LogP contribution >= 0.6 is 0 Å². The van der Waals surface area contributed by atoms with Crippen LogP contribution in [0.15, 0.2) is 0 Å². The predicted octanol–water partition coefficient (Wildman–Crippen LogP) is 3.44. The fourth-order valence-corrected chi connectivity index (χ4v) is 4.89. The van der Waals surface area contributed by atoms with Gasteiger partial charge in [0.25, 0.3) is 0 Å². The van der Waals surface area contributed by atoms with Crippen molar-refractivity contribution in [2.45, 2.75) is 65.6 Å². The molecule has 0 aromatic rings. The molecule has 2 nitrogen and oxygen atoms in total. The Morgan fingerprint density at radius 2 is 2.00 bits per heavy atom. The van der Waals surface area contributed by atoms with Crippen LogP contribution in [0, 0.1) is 29.1 Å². The largest absolute Gasteiger partial charge is 0.374 e. The van der Waals surface area contributed by atoms with Crippen molar-refractivity contribution in [1.29, 1.82) is 0 Å². The number of ether oxygens (including phenoxy) is 1. The highest BCUT2D eigenvalue weighted by Gasteiger charge is 2.57. The summed E-state index contributed by atoms with van der Waals surface area (Å²) < 4.78 is 6.27. The Balaban J connectivity index is 1.94. The molecule has 6 atom stereocenters. The van der Waals surface area contributed by atoms with Crippen LogP contribution in [-0.4, -0.2) is 18.0 Å². The lowest BCUT2D eigenvalue weighted by molar-refractivity contribution is -0.127. The van der Waals surface area contributed by atoms with Crippen molar-refractivity contribution in [3.63, 3.8) is 0 Å². The average molecular weight is 250 g/mol. The van der Waals surface area contributed by atoms with Crippen molar-refractivity contribution < 1.29 is 9.53 Å². The zero-order valence-electron chi connectivity index (χ0n) is 12.1. The van der Waals surface area contributed by atoms with Crippen molar-refractivity contribution in [3.8, 4) is 0 Å². The van der Waals surface area contributed by atoms with E-state index >= 15 is 0 Å². The van der Waals surface area contributed by atoms with E-state index in [2.05, 4.69) is 27.7 Å². The molecule has 18 heavy (non-hydrogen) atoms. The molecule has 0 spiro atoms. The second-order valence-corrected chi connectivity index (χ2v) is 7.51. The Morgan fingerprint density at radius 1 is 1.28 bits per heavy atom. The second-order valence-electron chi connectivity index (χ2n) is 7.51. The summed E-state index contributed by atoms with van der Waals surface area (Å²) in [7, 11) is 0. The van der Waals surface area contributed by atoms with Crippen LogP contribution in [0.5, 0.6) is 0 Å². The number of fused-ring (bicyclic) bond motifs is 3. The highest BCUT2D eigenvalue weighted by Crippen LogP contribution is 2.57. The van der Waals surface area contributed by atoms with Crippen LogP contribution in [0.4, 0.5) is 0 Å². The maximum absolute atomic E-state index is 11.8. The van der Waals surface area contributed by atoms with E-state index in [4.69, 9.17) is 4.74 Å². The summed E-state index contributed by atoms with van der Waals surface area (Å²) in [6, 6.07) is 0. The number of hydrogen-bond acceptors (Lipinski definition) is 2. The third kappa shape index (κ3) is 1.68. The molecule has 3 fully saturated rings. The van der Waals surface area contributed by atoms with E-state index < -0.39 is 0 Å². The maximum Gasteiger partial charge on any atom is 0.133 e. The molecule has 0 aromatic carbocycles. The summed E-state index contributed by atoms with van der Waals surface area (Å²) in [5.74, 6) is 3.10. The Kier molecular flexibility index (Phi) is 2.85. The first-order valence-electron chi connectivity index (χ1n) is 7.58. The number of carbonyl (C=O) groups is 1. The lowest BCUT2D eigenvalue weighted by atomic mass is 9.55. The normalized spacial score (nSPS) is 50.8. The second kappa shape index (κ2) is 4.06. The van der Waals surface area contributed by atoms with Gasteiger partial charge in [-0.3, -0.25) is 4.79 Å². The van der Waals surface area contributed by atoms with Crippen LogP contribution in [0.3, 0.4) is 0 Å². The standard InChI is InChI=1S/C16H26O2/c1-9-7-11-5-6-12(17)8-13(11)14-15(9)18-10(2)16(14,3)4/h9-11,13-15H,5-8H2,1-4H3/t9?,10?,11?,13?,14-,15?/m0/s1. The van der Waals surface area contributed by atoms with Crippen molar-refractivity contribution in [1.82, 2.24) is 0 Å². The maximum atomic E-state index is 11.8. The van der Waals surface area contributed by atoms with Gasteiger partial charge in [-0.05, 0) is 48.9 Å². The molecule has 3 aliphatic rings. The monoisotopic (exact) mass is 250 g/mol. The van der Waals surface area contributed by atoms with E-state index in [-0.39, 0.29) is 5.41 Å². The molecule has 5 unspecified atom stereocenters. The third-order valence-corrected chi connectivity index (χ3v) is 6.18. The molecule has 0 aromatic heterocycles. The Hall–Kier alpha value is -0.370. The van der Waals surface area contributed by atoms with Crippen LogP contribution in [-0.2, 0) is 9.53 Å².